The number of piperazine rings is 1. The van der Waals surface area contributed by atoms with Gasteiger partial charge in [-0.25, -0.2) is 0 Å². The van der Waals surface area contributed by atoms with Crippen LogP contribution >= 0.6 is 12.2 Å². The largest absolute Gasteiger partial charge is 0.392 e. The second kappa shape index (κ2) is 6.47. The molecule has 5 heteroatoms. The third-order valence-corrected chi connectivity index (χ3v) is 4.05. The predicted molar refractivity (Wildman–Crippen MR) is 90.2 cm³/mol. The van der Waals surface area contributed by atoms with Gasteiger partial charge in [-0.1, -0.05) is 24.4 Å². The molecule has 4 nitrogen and oxygen atoms in total. The van der Waals surface area contributed by atoms with Crippen molar-refractivity contribution >= 4 is 28.1 Å². The van der Waals surface area contributed by atoms with Crippen LogP contribution in [0.5, 0.6) is 0 Å². The van der Waals surface area contributed by atoms with Crippen LogP contribution in [0.2, 0.25) is 0 Å². The van der Waals surface area contributed by atoms with Gasteiger partial charge < -0.3 is 5.73 Å². The minimum atomic E-state index is 0.588. The summed E-state index contributed by atoms with van der Waals surface area (Å²) in [4.78, 5) is 9.75. The fraction of sp³-hybridized carbons (Fsp3) is 0.375. The number of nitrogens with two attached hydrogens (primary N) is 1. The van der Waals surface area contributed by atoms with Crippen molar-refractivity contribution in [1.29, 1.82) is 0 Å². The van der Waals surface area contributed by atoms with E-state index in [0.717, 1.165) is 44.8 Å². The van der Waals surface area contributed by atoms with Crippen molar-refractivity contribution in [2.24, 2.45) is 5.73 Å². The number of thiocarbonyl (C=S) groups is 1. The summed E-state index contributed by atoms with van der Waals surface area (Å²) in [5, 5.41) is 1.21. The predicted octanol–water partition coefficient (Wildman–Crippen LogP) is 1.64. The highest BCUT2D eigenvalue weighted by Crippen LogP contribution is 2.15. The summed E-state index contributed by atoms with van der Waals surface area (Å²) in [7, 11) is 0. The summed E-state index contributed by atoms with van der Waals surface area (Å²) in [6, 6.07) is 10.6. The monoisotopic (exact) mass is 300 g/mol. The van der Waals surface area contributed by atoms with E-state index in [0.29, 0.717) is 4.99 Å². The van der Waals surface area contributed by atoms with Crippen LogP contribution in [0.4, 0.5) is 0 Å². The van der Waals surface area contributed by atoms with E-state index in [-0.39, 0.29) is 0 Å². The highest BCUT2D eigenvalue weighted by molar-refractivity contribution is 7.80. The number of benzene rings is 1. The van der Waals surface area contributed by atoms with Gasteiger partial charge in [0.1, 0.15) is 0 Å². The standard InChI is InChI=1S/C16H20N4S/c17-16(21)12-20-8-6-19(7-9-20)11-13-3-4-15-14(10-13)2-1-5-18-15/h1-5,10H,6-9,11-12H2,(H2,17,21). The van der Waals surface area contributed by atoms with E-state index in [9.17, 15) is 0 Å². The van der Waals surface area contributed by atoms with Crippen LogP contribution < -0.4 is 5.73 Å². The maximum atomic E-state index is 5.60. The smallest absolute Gasteiger partial charge is 0.0870 e. The minimum Gasteiger partial charge on any atom is -0.392 e. The lowest BCUT2D eigenvalue weighted by atomic mass is 10.1. The summed E-state index contributed by atoms with van der Waals surface area (Å²) >= 11 is 4.97. The van der Waals surface area contributed by atoms with Crippen molar-refractivity contribution in [1.82, 2.24) is 14.8 Å². The molecule has 1 aliphatic heterocycles. The Morgan fingerprint density at radius 3 is 2.67 bits per heavy atom. The van der Waals surface area contributed by atoms with Gasteiger partial charge in [0.2, 0.25) is 0 Å². The Morgan fingerprint density at radius 2 is 1.90 bits per heavy atom. The van der Waals surface area contributed by atoms with Gasteiger partial charge in [0.25, 0.3) is 0 Å². The summed E-state index contributed by atoms with van der Waals surface area (Å²) in [5.74, 6) is 0. The van der Waals surface area contributed by atoms with Crippen LogP contribution in [0.15, 0.2) is 36.5 Å². The van der Waals surface area contributed by atoms with Gasteiger partial charge in [-0.15, -0.1) is 0 Å². The number of pyridine rings is 1. The van der Waals surface area contributed by atoms with Crippen molar-refractivity contribution in [3.8, 4) is 0 Å². The first-order valence-electron chi connectivity index (χ1n) is 7.27. The Kier molecular flexibility index (Phi) is 4.43. The molecule has 1 aliphatic rings. The number of nitrogens with zero attached hydrogens (tertiary/aromatic N) is 3. The molecular formula is C16H20N4S. The third-order valence-electron chi connectivity index (χ3n) is 3.92. The molecule has 0 saturated carbocycles. The molecule has 0 bridgehead atoms. The molecular weight excluding hydrogens is 280 g/mol. The third kappa shape index (κ3) is 3.75. The quantitative estimate of drug-likeness (QED) is 0.870. The molecule has 1 saturated heterocycles. The molecule has 0 amide bonds. The van der Waals surface area contributed by atoms with E-state index >= 15 is 0 Å². The lowest BCUT2D eigenvalue weighted by molar-refractivity contribution is 0.140. The normalized spacial score (nSPS) is 17.1. The van der Waals surface area contributed by atoms with Crippen LogP contribution in [-0.2, 0) is 6.54 Å². The van der Waals surface area contributed by atoms with E-state index in [1.807, 2.05) is 12.3 Å². The Balaban J connectivity index is 1.60. The fourth-order valence-corrected chi connectivity index (χ4v) is 2.99. The van der Waals surface area contributed by atoms with Crippen LogP contribution in [-0.4, -0.2) is 52.5 Å². The lowest BCUT2D eigenvalue weighted by Crippen LogP contribution is -2.48. The summed E-state index contributed by atoms with van der Waals surface area (Å²) in [5.41, 5.74) is 8.01. The zero-order valence-electron chi connectivity index (χ0n) is 12.0. The number of rotatable bonds is 4. The summed E-state index contributed by atoms with van der Waals surface area (Å²) in [6.45, 7) is 5.93. The summed E-state index contributed by atoms with van der Waals surface area (Å²) in [6.07, 6.45) is 1.84. The molecule has 21 heavy (non-hydrogen) atoms. The minimum absolute atomic E-state index is 0.588. The lowest BCUT2D eigenvalue weighted by Gasteiger charge is -2.34. The van der Waals surface area contributed by atoms with Crippen LogP contribution in [0.25, 0.3) is 10.9 Å². The zero-order chi connectivity index (χ0) is 14.7. The van der Waals surface area contributed by atoms with Gasteiger partial charge >= 0.3 is 0 Å². The van der Waals surface area contributed by atoms with Crippen molar-refractivity contribution in [2.75, 3.05) is 32.7 Å². The van der Waals surface area contributed by atoms with E-state index < -0.39 is 0 Å². The van der Waals surface area contributed by atoms with Crippen molar-refractivity contribution < 1.29 is 0 Å². The average molecular weight is 300 g/mol. The molecule has 0 unspecified atom stereocenters. The summed E-state index contributed by atoms with van der Waals surface area (Å²) < 4.78 is 0. The van der Waals surface area contributed by atoms with E-state index in [4.69, 9.17) is 18.0 Å². The number of fused-ring (bicyclic) bond motifs is 1. The van der Waals surface area contributed by atoms with Gasteiger partial charge in [-0.2, -0.15) is 0 Å². The van der Waals surface area contributed by atoms with Gasteiger partial charge in [-0.05, 0) is 23.8 Å². The fourth-order valence-electron chi connectivity index (χ4n) is 2.81. The maximum absolute atomic E-state index is 5.60. The molecule has 2 aromatic rings. The topological polar surface area (TPSA) is 45.4 Å². The van der Waals surface area contributed by atoms with Gasteiger partial charge in [0.15, 0.2) is 0 Å². The highest BCUT2D eigenvalue weighted by Gasteiger charge is 2.17. The van der Waals surface area contributed by atoms with Crippen molar-refractivity contribution in [2.45, 2.75) is 6.54 Å². The second-order valence-corrected chi connectivity index (χ2v) is 6.07. The molecule has 0 spiro atoms. The van der Waals surface area contributed by atoms with Crippen molar-refractivity contribution in [3.63, 3.8) is 0 Å². The number of hydrogen-bond acceptors (Lipinski definition) is 4. The van der Waals surface area contributed by atoms with Gasteiger partial charge in [-0.3, -0.25) is 14.8 Å². The first-order valence-corrected chi connectivity index (χ1v) is 7.68. The Hall–Kier alpha value is -1.56. The van der Waals surface area contributed by atoms with E-state index in [2.05, 4.69) is 39.0 Å². The molecule has 1 aromatic carbocycles. The molecule has 0 radical (unpaired) electrons. The molecule has 0 aliphatic carbocycles. The molecule has 110 valence electrons. The highest BCUT2D eigenvalue weighted by atomic mass is 32.1. The van der Waals surface area contributed by atoms with Crippen LogP contribution in [0, 0.1) is 0 Å². The van der Waals surface area contributed by atoms with Crippen LogP contribution in [0.3, 0.4) is 0 Å². The Bertz CT molecular complexity index is 635. The Morgan fingerprint density at radius 1 is 1.14 bits per heavy atom. The molecule has 3 rings (SSSR count). The SMILES string of the molecule is NC(=S)CN1CCN(Cc2ccc3ncccc3c2)CC1. The molecule has 1 aromatic heterocycles. The van der Waals surface area contributed by atoms with Crippen molar-refractivity contribution in [3.05, 3.63) is 42.1 Å². The van der Waals surface area contributed by atoms with Gasteiger partial charge in [0.05, 0.1) is 10.5 Å². The Labute approximate surface area is 130 Å². The zero-order valence-corrected chi connectivity index (χ0v) is 12.9. The second-order valence-electron chi connectivity index (χ2n) is 5.55. The van der Waals surface area contributed by atoms with E-state index in [1.165, 1.54) is 10.9 Å². The first-order chi connectivity index (χ1) is 10.2. The van der Waals surface area contributed by atoms with Gasteiger partial charge in [0, 0.05) is 50.9 Å². The maximum Gasteiger partial charge on any atom is 0.0870 e. The molecule has 1 fully saturated rings. The molecule has 0 atom stereocenters. The molecule has 2 heterocycles. The molecule has 2 N–H and O–H groups in total. The van der Waals surface area contributed by atoms with E-state index in [1.54, 1.807) is 0 Å². The number of aromatic nitrogens is 1. The van der Waals surface area contributed by atoms with Crippen LogP contribution in [0.1, 0.15) is 5.56 Å². The first kappa shape index (κ1) is 14.4. The number of hydrogen-bond donors (Lipinski definition) is 1. The average Bonchev–Trinajstić information content (AvgIpc) is 2.49.